The number of fused-ring (bicyclic) bond motifs is 1. The van der Waals surface area contributed by atoms with Crippen LogP contribution < -0.4 is 16.2 Å². The molecule has 0 aromatic carbocycles. The summed E-state index contributed by atoms with van der Waals surface area (Å²) in [5, 5.41) is 5.01. The van der Waals surface area contributed by atoms with Gasteiger partial charge >= 0.3 is 12.0 Å². The van der Waals surface area contributed by atoms with Crippen LogP contribution in [0, 0.1) is 13.8 Å². The minimum atomic E-state index is -1.19. The average molecular weight is 394 g/mol. The number of aromatic nitrogens is 2. The molecule has 0 aliphatic carbocycles. The van der Waals surface area contributed by atoms with E-state index in [1.165, 1.54) is 6.92 Å². The Labute approximate surface area is 159 Å². The topological polar surface area (TPSA) is 130 Å². The molecular formula is C17H22N4O5S. The summed E-state index contributed by atoms with van der Waals surface area (Å²) in [5.41, 5.74) is -0.418. The second-order valence-corrected chi connectivity index (χ2v) is 8.13. The van der Waals surface area contributed by atoms with E-state index in [0.29, 0.717) is 21.6 Å². The summed E-state index contributed by atoms with van der Waals surface area (Å²) < 4.78 is 5.15. The van der Waals surface area contributed by atoms with Gasteiger partial charge in [-0.15, -0.1) is 11.3 Å². The summed E-state index contributed by atoms with van der Waals surface area (Å²) >= 11 is 1.02. The molecule has 1 atom stereocenters. The van der Waals surface area contributed by atoms with Crippen molar-refractivity contribution in [1.82, 2.24) is 20.6 Å². The fourth-order valence-electron chi connectivity index (χ4n) is 2.30. The lowest BCUT2D eigenvalue weighted by molar-refractivity contribution is -0.127. The van der Waals surface area contributed by atoms with Crippen LogP contribution in [-0.2, 0) is 9.53 Å². The van der Waals surface area contributed by atoms with E-state index in [-0.39, 0.29) is 10.4 Å². The number of esters is 1. The van der Waals surface area contributed by atoms with Crippen molar-refractivity contribution in [2.75, 3.05) is 0 Å². The molecule has 0 saturated carbocycles. The van der Waals surface area contributed by atoms with E-state index in [2.05, 4.69) is 20.6 Å². The molecule has 0 fully saturated rings. The van der Waals surface area contributed by atoms with Crippen LogP contribution >= 0.6 is 11.3 Å². The van der Waals surface area contributed by atoms with Gasteiger partial charge in [-0.05, 0) is 47.1 Å². The maximum atomic E-state index is 12.4. The van der Waals surface area contributed by atoms with Crippen molar-refractivity contribution < 1.29 is 19.1 Å². The van der Waals surface area contributed by atoms with E-state index in [9.17, 15) is 19.2 Å². The molecular weight excluding hydrogens is 372 g/mol. The number of thiophene rings is 1. The minimum absolute atomic E-state index is 0.187. The fraction of sp³-hybridized carbons (Fsp3) is 0.471. The third-order valence-corrected chi connectivity index (χ3v) is 4.65. The zero-order chi connectivity index (χ0) is 20.5. The van der Waals surface area contributed by atoms with E-state index in [1.807, 2.05) is 0 Å². The first-order valence-corrected chi connectivity index (χ1v) is 9.04. The number of carbonyl (C=O) groups excluding carboxylic acids is 3. The number of amides is 3. The Morgan fingerprint density at radius 3 is 2.44 bits per heavy atom. The van der Waals surface area contributed by atoms with Crippen LogP contribution in [0.2, 0.25) is 0 Å². The molecule has 0 spiro atoms. The molecule has 0 aliphatic heterocycles. The number of nitrogens with zero attached hydrogens (tertiary/aromatic N) is 1. The smallest absolute Gasteiger partial charge is 0.349 e. The Bertz CT molecular complexity index is 970. The fourth-order valence-corrected chi connectivity index (χ4v) is 3.41. The summed E-state index contributed by atoms with van der Waals surface area (Å²) in [5.74, 6) is -1.08. The number of ether oxygens (including phenoxy) is 1. The van der Waals surface area contributed by atoms with Crippen molar-refractivity contribution in [2.24, 2.45) is 0 Å². The Morgan fingerprint density at radius 2 is 1.85 bits per heavy atom. The zero-order valence-electron chi connectivity index (χ0n) is 16.0. The predicted octanol–water partition coefficient (Wildman–Crippen LogP) is 1.77. The van der Waals surface area contributed by atoms with Crippen LogP contribution in [0.4, 0.5) is 4.79 Å². The van der Waals surface area contributed by atoms with Gasteiger partial charge in [-0.2, -0.15) is 0 Å². The summed E-state index contributed by atoms with van der Waals surface area (Å²) in [6, 6.07) is -0.681. The summed E-state index contributed by atoms with van der Waals surface area (Å²) in [4.78, 5) is 55.7. The number of urea groups is 1. The molecule has 9 nitrogen and oxygen atoms in total. The number of H-pyrrole nitrogens is 1. The number of hydrogen-bond acceptors (Lipinski definition) is 7. The first kappa shape index (κ1) is 20.6. The lowest BCUT2D eigenvalue weighted by Crippen LogP contribution is -2.50. The van der Waals surface area contributed by atoms with Crippen LogP contribution in [0.15, 0.2) is 4.79 Å². The highest BCUT2D eigenvalue weighted by molar-refractivity contribution is 7.20. The third-order valence-electron chi connectivity index (χ3n) is 3.48. The zero-order valence-corrected chi connectivity index (χ0v) is 16.8. The number of aromatic amines is 1. The Kier molecular flexibility index (Phi) is 5.69. The van der Waals surface area contributed by atoms with Crippen molar-refractivity contribution >= 4 is 39.5 Å². The molecule has 0 bridgehead atoms. The molecule has 2 rings (SSSR count). The monoisotopic (exact) mass is 394 g/mol. The first-order valence-electron chi connectivity index (χ1n) is 8.23. The molecule has 2 aromatic rings. The van der Waals surface area contributed by atoms with Crippen LogP contribution in [-0.4, -0.2) is 39.5 Å². The number of hydrogen-bond donors (Lipinski definition) is 3. The highest BCUT2D eigenvalue weighted by Gasteiger charge is 2.26. The van der Waals surface area contributed by atoms with Crippen molar-refractivity contribution in [3.05, 3.63) is 26.6 Å². The maximum Gasteiger partial charge on any atom is 0.349 e. The van der Waals surface area contributed by atoms with E-state index in [4.69, 9.17) is 4.74 Å². The van der Waals surface area contributed by atoms with E-state index in [0.717, 1.165) is 11.3 Å². The minimum Gasteiger partial charge on any atom is -0.448 e. The molecule has 0 unspecified atom stereocenters. The normalized spacial score (nSPS) is 12.5. The van der Waals surface area contributed by atoms with Gasteiger partial charge < -0.3 is 15.0 Å². The third kappa shape index (κ3) is 4.91. The molecule has 0 radical (unpaired) electrons. The van der Waals surface area contributed by atoms with Crippen LogP contribution in [0.1, 0.15) is 48.8 Å². The van der Waals surface area contributed by atoms with Gasteiger partial charge in [-0.25, -0.2) is 14.6 Å². The largest absolute Gasteiger partial charge is 0.448 e. The molecule has 3 N–H and O–H groups in total. The van der Waals surface area contributed by atoms with Crippen molar-refractivity contribution in [3.63, 3.8) is 0 Å². The van der Waals surface area contributed by atoms with Gasteiger partial charge in [0.2, 0.25) is 0 Å². The van der Waals surface area contributed by atoms with Crippen molar-refractivity contribution in [1.29, 1.82) is 0 Å². The van der Waals surface area contributed by atoms with Gasteiger partial charge in [-0.1, -0.05) is 0 Å². The van der Waals surface area contributed by atoms with E-state index in [1.54, 1.807) is 34.6 Å². The second kappa shape index (κ2) is 7.47. The predicted molar refractivity (Wildman–Crippen MR) is 101 cm³/mol. The first-order chi connectivity index (χ1) is 12.4. The number of carbonyl (C=O) groups is 3. The van der Waals surface area contributed by atoms with E-state index < -0.39 is 29.6 Å². The average Bonchev–Trinajstić information content (AvgIpc) is 2.81. The molecule has 146 valence electrons. The Balaban J connectivity index is 2.13. The number of aryl methyl sites for hydroxylation is 2. The van der Waals surface area contributed by atoms with Gasteiger partial charge in [0, 0.05) is 5.54 Å². The van der Waals surface area contributed by atoms with Crippen LogP contribution in [0.3, 0.4) is 0 Å². The summed E-state index contributed by atoms with van der Waals surface area (Å²) in [6.07, 6.45) is -1.19. The SMILES string of the molecule is Cc1nc2sc(C(=O)O[C@H](C)C(=O)NC(=O)NC(C)(C)C)c(C)c2c(=O)[nH]1. The Morgan fingerprint density at radius 1 is 1.22 bits per heavy atom. The quantitative estimate of drug-likeness (QED) is 0.680. The standard InChI is InChI=1S/C17H22N4O5S/c1-7-10-13(23)18-9(3)19-14(10)27-11(7)15(24)26-8(2)12(22)20-16(25)21-17(4,5)6/h8H,1-6H3,(H,18,19,23)(H2,20,21,22,25)/t8-/m1/s1. The van der Waals surface area contributed by atoms with Gasteiger partial charge in [0.25, 0.3) is 11.5 Å². The van der Waals surface area contributed by atoms with Gasteiger partial charge in [0.05, 0.1) is 5.39 Å². The maximum absolute atomic E-state index is 12.4. The van der Waals surface area contributed by atoms with Gasteiger partial charge in [0.15, 0.2) is 6.10 Å². The molecule has 3 amide bonds. The number of nitrogens with one attached hydrogen (secondary N) is 3. The lowest BCUT2D eigenvalue weighted by atomic mass is 10.1. The lowest BCUT2D eigenvalue weighted by Gasteiger charge is -2.21. The molecule has 2 heterocycles. The molecule has 27 heavy (non-hydrogen) atoms. The molecule has 10 heteroatoms. The van der Waals surface area contributed by atoms with Crippen LogP contribution in [0.25, 0.3) is 10.2 Å². The molecule has 0 saturated heterocycles. The summed E-state index contributed by atoms with van der Waals surface area (Å²) in [6.45, 7) is 9.91. The van der Waals surface area contributed by atoms with Crippen molar-refractivity contribution in [2.45, 2.75) is 53.2 Å². The molecule has 0 aliphatic rings. The molecule has 2 aromatic heterocycles. The number of imide groups is 1. The van der Waals surface area contributed by atoms with Gasteiger partial charge in [-0.3, -0.25) is 14.9 Å². The van der Waals surface area contributed by atoms with Crippen LogP contribution in [0.5, 0.6) is 0 Å². The summed E-state index contributed by atoms with van der Waals surface area (Å²) in [7, 11) is 0. The Hall–Kier alpha value is -2.75. The number of rotatable bonds is 3. The van der Waals surface area contributed by atoms with Gasteiger partial charge in [0.1, 0.15) is 15.5 Å². The van der Waals surface area contributed by atoms with E-state index >= 15 is 0 Å². The second-order valence-electron chi connectivity index (χ2n) is 7.13. The highest BCUT2D eigenvalue weighted by Crippen LogP contribution is 2.27. The van der Waals surface area contributed by atoms with Crippen molar-refractivity contribution in [3.8, 4) is 0 Å². The highest BCUT2D eigenvalue weighted by atomic mass is 32.1.